The Morgan fingerprint density at radius 1 is 1.35 bits per heavy atom. The number of nitrogens with one attached hydrogen (secondary N) is 2. The molecule has 1 amide bonds. The number of unbranched alkanes of at least 4 members (excludes halogenated alkanes) is 1. The molecular formula is C15H24ClN3O. The van der Waals surface area contributed by atoms with Gasteiger partial charge in [0.15, 0.2) is 0 Å². The first-order valence-electron chi connectivity index (χ1n) is 7.23. The highest BCUT2D eigenvalue weighted by Crippen LogP contribution is 2.16. The molecule has 112 valence electrons. The summed E-state index contributed by atoms with van der Waals surface area (Å²) in [6.45, 7) is 7.80. The second-order valence-electron chi connectivity index (χ2n) is 5.20. The number of aromatic nitrogens is 1. The van der Waals surface area contributed by atoms with Gasteiger partial charge in [-0.25, -0.2) is 4.98 Å². The summed E-state index contributed by atoms with van der Waals surface area (Å²) >= 11 is 6.02. The first-order chi connectivity index (χ1) is 9.54. The van der Waals surface area contributed by atoms with Gasteiger partial charge in [-0.3, -0.25) is 4.79 Å². The predicted molar refractivity (Wildman–Crippen MR) is 84.4 cm³/mol. The fourth-order valence-electron chi connectivity index (χ4n) is 1.84. The number of anilines is 1. The van der Waals surface area contributed by atoms with Crippen LogP contribution in [-0.2, 0) is 0 Å². The third-order valence-electron chi connectivity index (χ3n) is 2.91. The molecule has 2 N–H and O–H groups in total. The van der Waals surface area contributed by atoms with Crippen LogP contribution < -0.4 is 10.6 Å². The highest BCUT2D eigenvalue weighted by atomic mass is 35.5. The van der Waals surface area contributed by atoms with Crippen LogP contribution in [0.5, 0.6) is 0 Å². The largest absolute Gasteiger partial charge is 0.370 e. The van der Waals surface area contributed by atoms with Crippen LogP contribution in [-0.4, -0.2) is 24.0 Å². The maximum absolute atomic E-state index is 12.0. The predicted octanol–water partition coefficient (Wildman–Crippen LogP) is 3.72. The van der Waals surface area contributed by atoms with E-state index in [1.54, 1.807) is 12.1 Å². The van der Waals surface area contributed by atoms with Crippen LogP contribution in [0.15, 0.2) is 12.1 Å². The van der Waals surface area contributed by atoms with Crippen molar-refractivity contribution in [2.24, 2.45) is 5.92 Å². The van der Waals surface area contributed by atoms with Gasteiger partial charge in [-0.1, -0.05) is 38.3 Å². The van der Waals surface area contributed by atoms with Crippen LogP contribution in [0.25, 0.3) is 0 Å². The van der Waals surface area contributed by atoms with Crippen molar-refractivity contribution in [3.8, 4) is 0 Å². The summed E-state index contributed by atoms with van der Waals surface area (Å²) in [4.78, 5) is 16.3. The van der Waals surface area contributed by atoms with Gasteiger partial charge in [-0.15, -0.1) is 0 Å². The molecule has 4 nitrogen and oxygen atoms in total. The van der Waals surface area contributed by atoms with E-state index in [-0.39, 0.29) is 11.6 Å². The van der Waals surface area contributed by atoms with Crippen molar-refractivity contribution in [2.75, 3.05) is 18.4 Å². The fourth-order valence-corrected chi connectivity index (χ4v) is 2.04. The normalized spacial score (nSPS) is 10.7. The van der Waals surface area contributed by atoms with Crippen LogP contribution in [0.1, 0.15) is 50.5 Å². The zero-order valence-electron chi connectivity index (χ0n) is 12.5. The summed E-state index contributed by atoms with van der Waals surface area (Å²) in [6, 6.07) is 3.46. The van der Waals surface area contributed by atoms with E-state index in [0.29, 0.717) is 23.3 Å². The minimum absolute atomic E-state index is 0.209. The van der Waals surface area contributed by atoms with Crippen LogP contribution in [0, 0.1) is 5.92 Å². The van der Waals surface area contributed by atoms with Gasteiger partial charge in [0.05, 0.1) is 5.02 Å². The number of pyridine rings is 1. The average Bonchev–Trinajstić information content (AvgIpc) is 2.40. The summed E-state index contributed by atoms with van der Waals surface area (Å²) in [5.41, 5.74) is 0.286. The Kier molecular flexibility index (Phi) is 7.37. The van der Waals surface area contributed by atoms with Gasteiger partial charge in [0.25, 0.3) is 5.91 Å². The van der Waals surface area contributed by atoms with Crippen molar-refractivity contribution >= 4 is 23.3 Å². The second-order valence-corrected chi connectivity index (χ2v) is 5.61. The van der Waals surface area contributed by atoms with E-state index in [4.69, 9.17) is 11.6 Å². The molecule has 0 aromatic carbocycles. The summed E-state index contributed by atoms with van der Waals surface area (Å²) < 4.78 is 0. The minimum Gasteiger partial charge on any atom is -0.370 e. The molecule has 1 aromatic rings. The molecule has 0 aliphatic carbocycles. The molecule has 0 unspecified atom stereocenters. The molecule has 0 bridgehead atoms. The Hall–Kier alpha value is -1.29. The van der Waals surface area contributed by atoms with E-state index in [2.05, 4.69) is 29.5 Å². The van der Waals surface area contributed by atoms with Gasteiger partial charge in [0, 0.05) is 13.1 Å². The first kappa shape index (κ1) is 16.8. The molecule has 1 aromatic heterocycles. The smallest absolute Gasteiger partial charge is 0.271 e. The number of hydrogen-bond donors (Lipinski definition) is 2. The van der Waals surface area contributed by atoms with E-state index < -0.39 is 0 Å². The molecule has 0 saturated heterocycles. The van der Waals surface area contributed by atoms with Gasteiger partial charge in [-0.05, 0) is 31.4 Å². The number of nitrogens with zero attached hydrogens (tertiary/aromatic N) is 1. The highest BCUT2D eigenvalue weighted by Gasteiger charge is 2.12. The molecule has 0 atom stereocenters. The minimum atomic E-state index is -0.209. The van der Waals surface area contributed by atoms with Crippen LogP contribution in [0.4, 0.5) is 5.82 Å². The summed E-state index contributed by atoms with van der Waals surface area (Å²) in [5, 5.41) is 6.32. The molecule has 0 spiro atoms. The Morgan fingerprint density at radius 2 is 2.10 bits per heavy atom. The number of halogens is 1. The quantitative estimate of drug-likeness (QED) is 0.719. The molecule has 20 heavy (non-hydrogen) atoms. The molecule has 0 saturated carbocycles. The lowest BCUT2D eigenvalue weighted by atomic mass is 10.1. The lowest BCUT2D eigenvalue weighted by Crippen LogP contribution is -2.26. The summed E-state index contributed by atoms with van der Waals surface area (Å²) in [7, 11) is 0. The molecule has 0 aliphatic rings. The highest BCUT2D eigenvalue weighted by molar-refractivity contribution is 6.33. The first-order valence-corrected chi connectivity index (χ1v) is 7.61. The van der Waals surface area contributed by atoms with Gasteiger partial charge in [0.2, 0.25) is 0 Å². The zero-order valence-corrected chi connectivity index (χ0v) is 13.3. The van der Waals surface area contributed by atoms with Gasteiger partial charge in [-0.2, -0.15) is 0 Å². The topological polar surface area (TPSA) is 54.0 Å². The number of carbonyl (C=O) groups excluding carboxylic acids is 1. The van der Waals surface area contributed by atoms with Crippen molar-refractivity contribution in [1.82, 2.24) is 10.3 Å². The van der Waals surface area contributed by atoms with E-state index >= 15 is 0 Å². The van der Waals surface area contributed by atoms with Gasteiger partial charge >= 0.3 is 0 Å². The Morgan fingerprint density at radius 3 is 2.75 bits per heavy atom. The zero-order chi connectivity index (χ0) is 15.0. The molecule has 1 heterocycles. The molecule has 5 heteroatoms. The maximum Gasteiger partial charge on any atom is 0.271 e. The fraction of sp³-hybridized carbons (Fsp3) is 0.600. The number of carbonyl (C=O) groups is 1. The van der Waals surface area contributed by atoms with E-state index in [9.17, 15) is 4.79 Å². The van der Waals surface area contributed by atoms with Crippen LogP contribution >= 0.6 is 11.6 Å². The van der Waals surface area contributed by atoms with Crippen molar-refractivity contribution in [3.05, 3.63) is 22.8 Å². The Labute approximate surface area is 126 Å². The molecular weight excluding hydrogens is 274 g/mol. The van der Waals surface area contributed by atoms with E-state index in [0.717, 1.165) is 19.4 Å². The van der Waals surface area contributed by atoms with Gasteiger partial charge in [0.1, 0.15) is 11.5 Å². The lowest BCUT2D eigenvalue weighted by Gasteiger charge is -2.09. The number of amides is 1. The molecule has 0 radical (unpaired) electrons. The maximum atomic E-state index is 12.0. The second kappa shape index (κ2) is 8.80. The van der Waals surface area contributed by atoms with Crippen molar-refractivity contribution < 1.29 is 4.79 Å². The van der Waals surface area contributed by atoms with Gasteiger partial charge < -0.3 is 10.6 Å². The Balaban J connectivity index is 2.48. The van der Waals surface area contributed by atoms with E-state index in [1.165, 1.54) is 6.42 Å². The average molecular weight is 298 g/mol. The monoisotopic (exact) mass is 297 g/mol. The number of hydrogen-bond acceptors (Lipinski definition) is 3. The lowest BCUT2D eigenvalue weighted by molar-refractivity contribution is 0.0948. The standard InChI is InChI=1S/C15H24ClN3O/c1-4-17-13-9-8-12(16)14(19-13)15(20)18-10-6-5-7-11(2)3/h8-9,11H,4-7,10H2,1-3H3,(H,17,19)(H,18,20). The van der Waals surface area contributed by atoms with Crippen molar-refractivity contribution in [2.45, 2.75) is 40.0 Å². The third-order valence-corrected chi connectivity index (χ3v) is 3.22. The van der Waals surface area contributed by atoms with Crippen molar-refractivity contribution in [1.29, 1.82) is 0 Å². The molecule has 1 rings (SSSR count). The Bertz CT molecular complexity index is 435. The SMILES string of the molecule is CCNc1ccc(Cl)c(C(=O)NCCCCC(C)C)n1. The molecule has 0 fully saturated rings. The van der Waals surface area contributed by atoms with Crippen molar-refractivity contribution in [3.63, 3.8) is 0 Å². The summed E-state index contributed by atoms with van der Waals surface area (Å²) in [6.07, 6.45) is 3.29. The third kappa shape index (κ3) is 5.78. The summed E-state index contributed by atoms with van der Waals surface area (Å²) in [5.74, 6) is 1.17. The van der Waals surface area contributed by atoms with Crippen LogP contribution in [0.2, 0.25) is 5.02 Å². The number of rotatable bonds is 8. The molecule has 0 aliphatic heterocycles. The van der Waals surface area contributed by atoms with Crippen LogP contribution in [0.3, 0.4) is 0 Å². The van der Waals surface area contributed by atoms with E-state index in [1.807, 2.05) is 6.92 Å².